The van der Waals surface area contributed by atoms with Gasteiger partial charge in [0.25, 0.3) is 0 Å². The summed E-state index contributed by atoms with van der Waals surface area (Å²) in [4.78, 5) is 3.51. The lowest BCUT2D eigenvalue weighted by molar-refractivity contribution is -0.276. The van der Waals surface area contributed by atoms with Gasteiger partial charge in [0.2, 0.25) is 5.88 Å². The van der Waals surface area contributed by atoms with Crippen LogP contribution in [0.3, 0.4) is 0 Å². The molecular formula is C9H10F3NO3. The molecule has 0 atom stereocenters. The van der Waals surface area contributed by atoms with E-state index in [1.807, 2.05) is 0 Å². The van der Waals surface area contributed by atoms with Crippen LogP contribution in [0.25, 0.3) is 0 Å². The Balaban J connectivity index is 3.16. The molecule has 90 valence electrons. The lowest BCUT2D eigenvalue weighted by Gasteiger charge is -2.13. The van der Waals surface area contributed by atoms with Gasteiger partial charge in [-0.05, 0) is 6.92 Å². The highest BCUT2D eigenvalue weighted by Gasteiger charge is 2.33. The SMILES string of the molecule is COc1cc(CO)nc(OC(F)(F)F)c1C. The quantitative estimate of drug-likeness (QED) is 0.870. The number of halogens is 3. The predicted octanol–water partition coefficient (Wildman–Crippen LogP) is 1.79. The van der Waals surface area contributed by atoms with E-state index in [-0.39, 0.29) is 17.0 Å². The fourth-order valence-electron chi connectivity index (χ4n) is 1.11. The highest BCUT2D eigenvalue weighted by atomic mass is 19.4. The molecule has 0 aromatic carbocycles. The van der Waals surface area contributed by atoms with Crippen LogP contribution < -0.4 is 9.47 Å². The molecule has 1 aromatic heterocycles. The molecule has 16 heavy (non-hydrogen) atoms. The van der Waals surface area contributed by atoms with Crippen LogP contribution in [-0.4, -0.2) is 23.6 Å². The third-order valence-electron chi connectivity index (χ3n) is 1.83. The molecule has 0 aliphatic carbocycles. The van der Waals surface area contributed by atoms with Gasteiger partial charge in [-0.25, -0.2) is 4.98 Å². The molecule has 0 saturated carbocycles. The maximum Gasteiger partial charge on any atom is 0.574 e. The maximum absolute atomic E-state index is 12.0. The molecule has 7 heteroatoms. The van der Waals surface area contributed by atoms with E-state index in [0.717, 1.165) is 0 Å². The first-order valence-corrected chi connectivity index (χ1v) is 4.28. The molecule has 4 nitrogen and oxygen atoms in total. The molecule has 0 saturated heterocycles. The molecule has 0 radical (unpaired) electrons. The van der Waals surface area contributed by atoms with Crippen molar-refractivity contribution in [3.8, 4) is 11.6 Å². The molecule has 1 aromatic rings. The summed E-state index contributed by atoms with van der Waals surface area (Å²) < 4.78 is 44.6. The van der Waals surface area contributed by atoms with E-state index < -0.39 is 18.8 Å². The third-order valence-corrected chi connectivity index (χ3v) is 1.83. The van der Waals surface area contributed by atoms with E-state index >= 15 is 0 Å². The summed E-state index contributed by atoms with van der Waals surface area (Å²) in [6.07, 6.45) is -4.82. The van der Waals surface area contributed by atoms with Crippen LogP contribution in [0.15, 0.2) is 6.07 Å². The van der Waals surface area contributed by atoms with E-state index in [9.17, 15) is 13.2 Å². The molecular weight excluding hydrogens is 227 g/mol. The zero-order valence-electron chi connectivity index (χ0n) is 8.63. The van der Waals surface area contributed by atoms with Gasteiger partial charge >= 0.3 is 6.36 Å². The average molecular weight is 237 g/mol. The van der Waals surface area contributed by atoms with Gasteiger partial charge in [-0.15, -0.1) is 13.2 Å². The van der Waals surface area contributed by atoms with Crippen LogP contribution in [-0.2, 0) is 6.61 Å². The number of aliphatic hydroxyl groups excluding tert-OH is 1. The van der Waals surface area contributed by atoms with Crippen molar-refractivity contribution in [1.29, 1.82) is 0 Å². The molecule has 0 bridgehead atoms. The minimum absolute atomic E-state index is 0.0432. The van der Waals surface area contributed by atoms with Gasteiger partial charge in [0.05, 0.1) is 25.0 Å². The van der Waals surface area contributed by atoms with Gasteiger partial charge in [0, 0.05) is 6.07 Å². The Bertz CT molecular complexity index is 379. The molecule has 0 fully saturated rings. The number of ether oxygens (including phenoxy) is 2. The number of aliphatic hydroxyl groups is 1. The van der Waals surface area contributed by atoms with Crippen LogP contribution in [0, 0.1) is 6.92 Å². The zero-order valence-corrected chi connectivity index (χ0v) is 8.63. The Morgan fingerprint density at radius 1 is 1.44 bits per heavy atom. The first-order valence-electron chi connectivity index (χ1n) is 4.28. The Kier molecular flexibility index (Phi) is 3.58. The molecule has 0 amide bonds. The zero-order chi connectivity index (χ0) is 12.3. The van der Waals surface area contributed by atoms with Crippen LogP contribution in [0.4, 0.5) is 13.2 Å². The number of aromatic nitrogens is 1. The van der Waals surface area contributed by atoms with Gasteiger partial charge in [-0.3, -0.25) is 0 Å². The van der Waals surface area contributed by atoms with E-state index in [2.05, 4.69) is 9.72 Å². The Labute approximate surface area is 89.6 Å². The lowest BCUT2D eigenvalue weighted by Crippen LogP contribution is -2.19. The maximum atomic E-state index is 12.0. The van der Waals surface area contributed by atoms with Crippen LogP contribution in [0.1, 0.15) is 11.3 Å². The van der Waals surface area contributed by atoms with Gasteiger partial charge in [0.1, 0.15) is 5.75 Å². The molecule has 0 spiro atoms. The van der Waals surface area contributed by atoms with E-state index in [4.69, 9.17) is 9.84 Å². The first-order chi connectivity index (χ1) is 7.37. The molecule has 0 aliphatic rings. The molecule has 1 rings (SSSR count). The number of methoxy groups -OCH3 is 1. The normalized spacial score (nSPS) is 11.4. The molecule has 0 unspecified atom stereocenters. The highest BCUT2D eigenvalue weighted by Crippen LogP contribution is 2.30. The molecule has 0 aliphatic heterocycles. The van der Waals surface area contributed by atoms with Crippen LogP contribution >= 0.6 is 0 Å². The number of alkyl halides is 3. The average Bonchev–Trinajstić information content (AvgIpc) is 2.19. The summed E-state index contributed by atoms with van der Waals surface area (Å²) in [5.74, 6) is -0.436. The number of rotatable bonds is 3. The summed E-state index contributed by atoms with van der Waals surface area (Å²) in [6.45, 7) is 0.888. The van der Waals surface area contributed by atoms with Gasteiger partial charge in [-0.2, -0.15) is 0 Å². The van der Waals surface area contributed by atoms with Crippen molar-refractivity contribution in [3.63, 3.8) is 0 Å². The second-order valence-corrected chi connectivity index (χ2v) is 2.95. The molecule has 1 N–H and O–H groups in total. The van der Waals surface area contributed by atoms with Crippen molar-refractivity contribution >= 4 is 0 Å². The smallest absolute Gasteiger partial charge is 0.496 e. The van der Waals surface area contributed by atoms with Crippen molar-refractivity contribution in [2.75, 3.05) is 7.11 Å². The topological polar surface area (TPSA) is 51.6 Å². The van der Waals surface area contributed by atoms with Gasteiger partial charge in [0.15, 0.2) is 0 Å². The Hall–Kier alpha value is -1.50. The second-order valence-electron chi connectivity index (χ2n) is 2.95. The highest BCUT2D eigenvalue weighted by molar-refractivity contribution is 5.40. The monoisotopic (exact) mass is 237 g/mol. The summed E-state index contributed by atoms with van der Waals surface area (Å²) in [5, 5.41) is 8.82. The van der Waals surface area contributed by atoms with Crippen molar-refractivity contribution in [2.45, 2.75) is 19.9 Å². The summed E-state index contributed by atoms with van der Waals surface area (Å²) in [7, 11) is 1.31. The fourth-order valence-corrected chi connectivity index (χ4v) is 1.11. The summed E-state index contributed by atoms with van der Waals surface area (Å²) in [5.41, 5.74) is 0.165. The predicted molar refractivity (Wildman–Crippen MR) is 48.1 cm³/mol. The minimum Gasteiger partial charge on any atom is -0.496 e. The summed E-state index contributed by atoms with van der Waals surface area (Å²) in [6, 6.07) is 1.35. The summed E-state index contributed by atoms with van der Waals surface area (Å²) >= 11 is 0. The van der Waals surface area contributed by atoms with E-state index in [1.165, 1.54) is 20.1 Å². The van der Waals surface area contributed by atoms with Crippen LogP contribution in [0.2, 0.25) is 0 Å². The second kappa shape index (κ2) is 4.56. The number of hydrogen-bond donors (Lipinski definition) is 1. The number of pyridine rings is 1. The number of nitrogens with zero attached hydrogens (tertiary/aromatic N) is 1. The van der Waals surface area contributed by atoms with Crippen molar-refractivity contribution < 1.29 is 27.8 Å². The largest absolute Gasteiger partial charge is 0.574 e. The van der Waals surface area contributed by atoms with Crippen LogP contribution in [0.5, 0.6) is 11.6 Å². The van der Waals surface area contributed by atoms with Crippen molar-refractivity contribution in [2.24, 2.45) is 0 Å². The van der Waals surface area contributed by atoms with Crippen molar-refractivity contribution in [1.82, 2.24) is 4.98 Å². The lowest BCUT2D eigenvalue weighted by atomic mass is 10.2. The van der Waals surface area contributed by atoms with E-state index in [1.54, 1.807) is 0 Å². The van der Waals surface area contributed by atoms with Gasteiger partial charge < -0.3 is 14.6 Å². The minimum atomic E-state index is -4.82. The number of hydrogen-bond acceptors (Lipinski definition) is 4. The van der Waals surface area contributed by atoms with Crippen molar-refractivity contribution in [3.05, 3.63) is 17.3 Å². The Morgan fingerprint density at radius 3 is 2.50 bits per heavy atom. The standard InChI is InChI=1S/C9H10F3NO3/c1-5-7(15-2)3-6(4-14)13-8(5)16-9(10,11)12/h3,14H,4H2,1-2H3. The fraction of sp³-hybridized carbons (Fsp3) is 0.444. The first kappa shape index (κ1) is 12.6. The molecule has 1 heterocycles. The third kappa shape index (κ3) is 2.99. The van der Waals surface area contributed by atoms with E-state index in [0.29, 0.717) is 0 Å². The Morgan fingerprint density at radius 2 is 2.06 bits per heavy atom. The van der Waals surface area contributed by atoms with Gasteiger partial charge in [-0.1, -0.05) is 0 Å².